The quantitative estimate of drug-likeness (QED) is 0.457. The van der Waals surface area contributed by atoms with Gasteiger partial charge in [0.05, 0.1) is 5.69 Å². The van der Waals surface area contributed by atoms with E-state index in [4.69, 9.17) is 4.74 Å². The number of nitrogens with zero attached hydrogens (tertiary/aromatic N) is 2. The molecule has 0 spiro atoms. The molecule has 1 aliphatic carbocycles. The molecule has 1 saturated heterocycles. The minimum absolute atomic E-state index is 0.190. The number of carbonyl (C=O) groups is 2. The molecule has 0 radical (unpaired) electrons. The van der Waals surface area contributed by atoms with Gasteiger partial charge in [-0.3, -0.25) is 9.69 Å². The van der Waals surface area contributed by atoms with Gasteiger partial charge in [-0.05, 0) is 49.3 Å². The maximum atomic E-state index is 12.9. The van der Waals surface area contributed by atoms with Crippen molar-refractivity contribution >= 4 is 34.2 Å². The van der Waals surface area contributed by atoms with Crippen LogP contribution in [0.4, 0.5) is 15.6 Å². The summed E-state index contributed by atoms with van der Waals surface area (Å²) in [5, 5.41) is 8.81. The van der Waals surface area contributed by atoms with Crippen LogP contribution in [0.3, 0.4) is 0 Å². The average molecular weight is 477 g/mol. The molecule has 1 aliphatic heterocycles. The normalized spacial score (nSPS) is 17.4. The van der Waals surface area contributed by atoms with Gasteiger partial charge < -0.3 is 15.4 Å². The van der Waals surface area contributed by atoms with Gasteiger partial charge in [-0.1, -0.05) is 42.5 Å². The molecule has 2 amide bonds. The summed E-state index contributed by atoms with van der Waals surface area (Å²) >= 11 is 1.38. The van der Waals surface area contributed by atoms with E-state index in [9.17, 15) is 9.59 Å². The Morgan fingerprint density at radius 3 is 2.62 bits per heavy atom. The summed E-state index contributed by atoms with van der Waals surface area (Å²) < 4.78 is 5.44. The van der Waals surface area contributed by atoms with Gasteiger partial charge >= 0.3 is 6.09 Å². The highest BCUT2D eigenvalue weighted by Gasteiger charge is 2.35. The Hall–Kier alpha value is -3.39. The number of anilines is 2. The van der Waals surface area contributed by atoms with Crippen molar-refractivity contribution in [2.75, 3.05) is 23.7 Å². The molecule has 1 unspecified atom stereocenters. The number of ether oxygens (including phenoxy) is 1. The summed E-state index contributed by atoms with van der Waals surface area (Å²) in [6.07, 6.45) is 3.57. The maximum Gasteiger partial charge on any atom is 0.410 e. The van der Waals surface area contributed by atoms with Crippen LogP contribution in [0.1, 0.15) is 31.2 Å². The Kier molecular flexibility index (Phi) is 6.76. The molecule has 34 heavy (non-hydrogen) atoms. The Morgan fingerprint density at radius 1 is 1.06 bits per heavy atom. The monoisotopic (exact) mass is 476 g/mol. The van der Waals surface area contributed by atoms with Gasteiger partial charge in [0, 0.05) is 29.7 Å². The van der Waals surface area contributed by atoms with Crippen LogP contribution in [0.2, 0.25) is 0 Å². The van der Waals surface area contributed by atoms with Gasteiger partial charge in [0.2, 0.25) is 5.91 Å². The van der Waals surface area contributed by atoms with Crippen molar-refractivity contribution in [2.45, 2.75) is 38.3 Å². The fraction of sp³-hybridized carbons (Fsp3) is 0.346. The average Bonchev–Trinajstić information content (AvgIpc) is 3.36. The van der Waals surface area contributed by atoms with E-state index in [1.807, 2.05) is 47.8 Å². The molecule has 1 atom stereocenters. The van der Waals surface area contributed by atoms with Crippen molar-refractivity contribution in [3.05, 3.63) is 65.5 Å². The predicted octanol–water partition coefficient (Wildman–Crippen LogP) is 5.37. The van der Waals surface area contributed by atoms with Crippen molar-refractivity contribution in [3.8, 4) is 11.3 Å². The summed E-state index contributed by atoms with van der Waals surface area (Å²) in [7, 11) is 0. The van der Waals surface area contributed by atoms with Crippen LogP contribution in [0.5, 0.6) is 0 Å². The SMILES string of the molecule is O=C(Nc1nc(-c2ccc(NCC3CC3)cc2)cs1)C1CCCN1C(=O)OCc1ccccc1. The molecule has 1 aromatic heterocycles. The maximum absolute atomic E-state index is 12.9. The molecule has 176 valence electrons. The Morgan fingerprint density at radius 2 is 1.85 bits per heavy atom. The standard InChI is InChI=1S/C26H28N4O3S/c31-24(23-7-4-14-30(23)26(32)33-16-19-5-2-1-3-6-19)29-25-28-22(17-34-25)20-10-12-21(13-11-20)27-15-18-8-9-18/h1-3,5-6,10-13,17-18,23,27H,4,7-9,14-16H2,(H,28,29,31). The van der Waals surface area contributed by atoms with E-state index in [-0.39, 0.29) is 12.5 Å². The number of thiazole rings is 1. The zero-order valence-corrected chi connectivity index (χ0v) is 19.7. The van der Waals surface area contributed by atoms with Gasteiger partial charge in [-0.2, -0.15) is 0 Å². The molecule has 2 N–H and O–H groups in total. The first-order valence-electron chi connectivity index (χ1n) is 11.7. The van der Waals surface area contributed by atoms with Gasteiger partial charge in [0.1, 0.15) is 12.6 Å². The van der Waals surface area contributed by atoms with Crippen LogP contribution in [0, 0.1) is 5.92 Å². The van der Waals surface area contributed by atoms with Crippen LogP contribution in [-0.2, 0) is 16.1 Å². The largest absolute Gasteiger partial charge is 0.445 e. The summed E-state index contributed by atoms with van der Waals surface area (Å²) in [4.78, 5) is 31.6. The molecule has 2 aromatic carbocycles. The Balaban J connectivity index is 1.16. The van der Waals surface area contributed by atoms with Crippen LogP contribution < -0.4 is 10.6 Å². The molecule has 2 fully saturated rings. The van der Waals surface area contributed by atoms with E-state index >= 15 is 0 Å². The summed E-state index contributed by atoms with van der Waals surface area (Å²) in [6, 6.07) is 17.2. The zero-order chi connectivity index (χ0) is 23.3. The second-order valence-corrected chi connectivity index (χ2v) is 9.68. The summed E-state index contributed by atoms with van der Waals surface area (Å²) in [5.74, 6) is 0.598. The van der Waals surface area contributed by atoms with E-state index < -0.39 is 12.1 Å². The Labute approximate surface area is 203 Å². The highest BCUT2D eigenvalue weighted by molar-refractivity contribution is 7.14. The number of rotatable bonds is 8. The summed E-state index contributed by atoms with van der Waals surface area (Å²) in [5.41, 5.74) is 3.85. The third-order valence-electron chi connectivity index (χ3n) is 6.20. The number of aromatic nitrogens is 1. The van der Waals surface area contributed by atoms with Crippen molar-refractivity contribution in [1.29, 1.82) is 0 Å². The molecule has 7 nitrogen and oxygen atoms in total. The predicted molar refractivity (Wildman–Crippen MR) is 134 cm³/mol. The molecule has 3 aromatic rings. The fourth-order valence-corrected chi connectivity index (χ4v) is 4.78. The van der Waals surface area contributed by atoms with E-state index in [0.717, 1.165) is 41.4 Å². The lowest BCUT2D eigenvalue weighted by Crippen LogP contribution is -2.43. The van der Waals surface area contributed by atoms with Crippen molar-refractivity contribution in [3.63, 3.8) is 0 Å². The number of nitrogens with one attached hydrogen (secondary N) is 2. The van der Waals surface area contributed by atoms with Crippen LogP contribution in [0.25, 0.3) is 11.3 Å². The molecule has 1 saturated carbocycles. The Bertz CT molecular complexity index is 1130. The first kappa shape index (κ1) is 22.4. The van der Waals surface area contributed by atoms with Crippen molar-refractivity contribution in [1.82, 2.24) is 9.88 Å². The number of hydrogen-bond acceptors (Lipinski definition) is 6. The van der Waals surface area contributed by atoms with Crippen LogP contribution in [-0.4, -0.2) is 41.0 Å². The number of amides is 2. The molecule has 0 bridgehead atoms. The fourth-order valence-electron chi connectivity index (χ4n) is 4.06. The van der Waals surface area contributed by atoms with E-state index in [0.29, 0.717) is 18.1 Å². The minimum atomic E-state index is -0.549. The van der Waals surface area contributed by atoms with Gasteiger partial charge in [0.15, 0.2) is 5.13 Å². The van der Waals surface area contributed by atoms with Gasteiger partial charge in [0.25, 0.3) is 0 Å². The van der Waals surface area contributed by atoms with E-state index in [1.54, 1.807) is 0 Å². The molecule has 2 aliphatic rings. The molecule has 5 rings (SSSR count). The second-order valence-electron chi connectivity index (χ2n) is 8.82. The third-order valence-corrected chi connectivity index (χ3v) is 6.96. The summed E-state index contributed by atoms with van der Waals surface area (Å²) in [6.45, 7) is 1.73. The number of benzene rings is 2. The highest BCUT2D eigenvalue weighted by Crippen LogP contribution is 2.30. The lowest BCUT2D eigenvalue weighted by molar-refractivity contribution is -0.120. The number of carbonyl (C=O) groups excluding carboxylic acids is 2. The first-order chi connectivity index (χ1) is 16.7. The van der Waals surface area contributed by atoms with Gasteiger partial charge in [-0.15, -0.1) is 11.3 Å². The first-order valence-corrected chi connectivity index (χ1v) is 12.6. The van der Waals surface area contributed by atoms with Crippen LogP contribution >= 0.6 is 11.3 Å². The topological polar surface area (TPSA) is 83.6 Å². The molecule has 2 heterocycles. The molecular weight excluding hydrogens is 448 g/mol. The lowest BCUT2D eigenvalue weighted by Gasteiger charge is -2.22. The lowest BCUT2D eigenvalue weighted by atomic mass is 10.1. The smallest absolute Gasteiger partial charge is 0.410 e. The number of hydrogen-bond donors (Lipinski definition) is 2. The van der Waals surface area contributed by atoms with E-state index in [2.05, 4.69) is 27.8 Å². The van der Waals surface area contributed by atoms with Gasteiger partial charge in [-0.25, -0.2) is 9.78 Å². The van der Waals surface area contributed by atoms with E-state index in [1.165, 1.54) is 29.1 Å². The highest BCUT2D eigenvalue weighted by atomic mass is 32.1. The third kappa shape index (κ3) is 5.56. The molecular formula is C26H28N4O3S. The number of likely N-dealkylation sites (tertiary alicyclic amines) is 1. The second kappa shape index (κ2) is 10.3. The zero-order valence-electron chi connectivity index (χ0n) is 18.9. The van der Waals surface area contributed by atoms with Crippen molar-refractivity contribution in [2.24, 2.45) is 5.92 Å². The van der Waals surface area contributed by atoms with Crippen molar-refractivity contribution < 1.29 is 14.3 Å². The minimum Gasteiger partial charge on any atom is -0.445 e. The van der Waals surface area contributed by atoms with Crippen LogP contribution in [0.15, 0.2) is 60.0 Å². The molecule has 8 heteroatoms.